The first-order chi connectivity index (χ1) is 15.4. The lowest BCUT2D eigenvalue weighted by molar-refractivity contribution is -0.140. The summed E-state index contributed by atoms with van der Waals surface area (Å²) in [7, 11) is 0. The Balaban J connectivity index is 1.78. The Morgan fingerprint density at radius 1 is 1.09 bits per heavy atom. The van der Waals surface area contributed by atoms with Crippen molar-refractivity contribution in [2.24, 2.45) is 5.92 Å². The molecule has 1 aliphatic heterocycles. The molecular formula is C27H28BrNO3. The van der Waals surface area contributed by atoms with Crippen molar-refractivity contribution in [3.63, 3.8) is 0 Å². The number of ether oxygens (including phenoxy) is 1. The Labute approximate surface area is 197 Å². The van der Waals surface area contributed by atoms with Crippen molar-refractivity contribution >= 4 is 27.7 Å². The summed E-state index contributed by atoms with van der Waals surface area (Å²) >= 11 is 3.65. The summed E-state index contributed by atoms with van der Waals surface area (Å²) < 4.78 is 6.50. The van der Waals surface area contributed by atoms with Gasteiger partial charge in [-0.05, 0) is 42.4 Å². The molecule has 4 rings (SSSR count). The fourth-order valence-electron chi connectivity index (χ4n) is 4.61. The van der Waals surface area contributed by atoms with E-state index in [0.29, 0.717) is 24.2 Å². The molecule has 2 atom stereocenters. The molecule has 0 saturated heterocycles. The van der Waals surface area contributed by atoms with Crippen molar-refractivity contribution in [1.29, 1.82) is 0 Å². The number of allylic oxidation sites excluding steroid dienone is 3. The van der Waals surface area contributed by atoms with Gasteiger partial charge in [0.25, 0.3) is 0 Å². The van der Waals surface area contributed by atoms with Crippen molar-refractivity contribution < 1.29 is 14.3 Å². The minimum Gasteiger partial charge on any atom is -0.462 e. The smallest absolute Gasteiger partial charge is 0.336 e. The number of rotatable bonds is 5. The fourth-order valence-corrected chi connectivity index (χ4v) is 5.12. The first-order valence-electron chi connectivity index (χ1n) is 11.1. The Morgan fingerprint density at radius 3 is 2.47 bits per heavy atom. The van der Waals surface area contributed by atoms with Gasteiger partial charge in [0.2, 0.25) is 0 Å². The largest absolute Gasteiger partial charge is 0.462 e. The van der Waals surface area contributed by atoms with E-state index >= 15 is 0 Å². The molecule has 1 aliphatic carbocycles. The van der Waals surface area contributed by atoms with Gasteiger partial charge in [0.05, 0.1) is 12.2 Å². The molecule has 2 aromatic carbocycles. The lowest BCUT2D eigenvalue weighted by atomic mass is 9.72. The van der Waals surface area contributed by atoms with Crippen LogP contribution in [0.25, 0.3) is 0 Å². The zero-order chi connectivity index (χ0) is 22.8. The van der Waals surface area contributed by atoms with E-state index in [1.807, 2.05) is 63.2 Å². The van der Waals surface area contributed by atoms with Gasteiger partial charge in [-0.3, -0.25) is 4.79 Å². The number of benzene rings is 2. The average molecular weight is 494 g/mol. The standard InChI is InChI=1S/C27H28BrNO3/c1-16(2)15-32-27(31)24-17(3)29-22-13-19(18-9-5-4-6-10-18)14-23(30)26(22)25(24)20-11-7-8-12-21(20)28/h4-12,16,19,25,29H,13-15H2,1-3H3. The number of carbonyl (C=O) groups excluding carboxylic acids is 2. The van der Waals surface area contributed by atoms with Crippen LogP contribution in [0.4, 0.5) is 0 Å². The lowest BCUT2D eigenvalue weighted by Gasteiger charge is -2.37. The van der Waals surface area contributed by atoms with Gasteiger partial charge < -0.3 is 10.1 Å². The summed E-state index contributed by atoms with van der Waals surface area (Å²) in [5, 5.41) is 3.41. The van der Waals surface area contributed by atoms with E-state index in [0.717, 1.165) is 33.4 Å². The molecule has 0 amide bonds. The van der Waals surface area contributed by atoms with Crippen molar-refractivity contribution in [2.45, 2.75) is 45.4 Å². The zero-order valence-corrected chi connectivity index (χ0v) is 20.2. The van der Waals surface area contributed by atoms with Gasteiger partial charge in [0, 0.05) is 33.8 Å². The maximum absolute atomic E-state index is 13.6. The van der Waals surface area contributed by atoms with Crippen LogP contribution in [-0.4, -0.2) is 18.4 Å². The van der Waals surface area contributed by atoms with Gasteiger partial charge in [-0.25, -0.2) is 4.79 Å². The summed E-state index contributed by atoms with van der Waals surface area (Å²) in [4.78, 5) is 26.8. The SMILES string of the molecule is CC1=C(C(=O)OCC(C)C)C(c2ccccc2Br)C2=C(CC(c3ccccc3)CC2=O)N1. The highest BCUT2D eigenvalue weighted by Crippen LogP contribution is 2.47. The van der Waals surface area contributed by atoms with Gasteiger partial charge in [0.1, 0.15) is 0 Å². The second-order valence-corrected chi connectivity index (χ2v) is 9.80. The number of esters is 1. The highest BCUT2D eigenvalue weighted by molar-refractivity contribution is 9.10. The first-order valence-corrected chi connectivity index (χ1v) is 11.9. The molecule has 1 heterocycles. The Bertz CT molecular complexity index is 1100. The van der Waals surface area contributed by atoms with Crippen LogP contribution in [-0.2, 0) is 14.3 Å². The van der Waals surface area contributed by atoms with Gasteiger partial charge in [0.15, 0.2) is 5.78 Å². The molecule has 0 radical (unpaired) electrons. The molecule has 0 spiro atoms. The summed E-state index contributed by atoms with van der Waals surface area (Å²) in [5.41, 5.74) is 4.93. The maximum Gasteiger partial charge on any atom is 0.336 e. The highest BCUT2D eigenvalue weighted by atomic mass is 79.9. The van der Waals surface area contributed by atoms with E-state index < -0.39 is 5.92 Å². The number of dihydropyridines is 1. The van der Waals surface area contributed by atoms with E-state index in [9.17, 15) is 9.59 Å². The molecule has 1 N–H and O–H groups in total. The third-order valence-electron chi connectivity index (χ3n) is 6.08. The van der Waals surface area contributed by atoms with E-state index in [2.05, 4.69) is 33.4 Å². The lowest BCUT2D eigenvalue weighted by Crippen LogP contribution is -2.36. The Morgan fingerprint density at radius 2 is 1.78 bits per heavy atom. The van der Waals surface area contributed by atoms with Gasteiger partial charge in [-0.2, -0.15) is 0 Å². The molecular weight excluding hydrogens is 466 g/mol. The van der Waals surface area contributed by atoms with Gasteiger partial charge in [-0.15, -0.1) is 0 Å². The van der Waals surface area contributed by atoms with Crippen LogP contribution in [0.15, 0.2) is 81.6 Å². The molecule has 0 fully saturated rings. The number of Topliss-reactive ketones (excluding diaryl/α,β-unsaturated/α-hetero) is 1. The van der Waals surface area contributed by atoms with Crippen LogP contribution in [0.2, 0.25) is 0 Å². The van der Waals surface area contributed by atoms with Crippen LogP contribution in [0.5, 0.6) is 0 Å². The second-order valence-electron chi connectivity index (χ2n) is 8.94. The normalized spacial score (nSPS) is 20.8. The molecule has 2 aromatic rings. The number of hydrogen-bond acceptors (Lipinski definition) is 4. The number of halogens is 1. The summed E-state index contributed by atoms with van der Waals surface area (Å²) in [6.07, 6.45) is 1.16. The Kier molecular flexibility index (Phi) is 6.66. The minimum atomic E-state index is -0.453. The molecule has 0 saturated carbocycles. The number of ketones is 1. The molecule has 5 heteroatoms. The van der Waals surface area contributed by atoms with E-state index in [1.54, 1.807) is 0 Å². The molecule has 0 aromatic heterocycles. The summed E-state index contributed by atoms with van der Waals surface area (Å²) in [6, 6.07) is 18.0. The molecule has 166 valence electrons. The van der Waals surface area contributed by atoms with E-state index in [4.69, 9.17) is 4.74 Å². The molecule has 32 heavy (non-hydrogen) atoms. The van der Waals surface area contributed by atoms with Crippen molar-refractivity contribution in [3.8, 4) is 0 Å². The monoisotopic (exact) mass is 493 g/mol. The average Bonchev–Trinajstić information content (AvgIpc) is 2.77. The minimum absolute atomic E-state index is 0.0787. The van der Waals surface area contributed by atoms with Crippen LogP contribution in [0.1, 0.15) is 56.6 Å². The van der Waals surface area contributed by atoms with E-state index in [1.165, 1.54) is 0 Å². The zero-order valence-electron chi connectivity index (χ0n) is 18.7. The Hall–Kier alpha value is -2.66. The second kappa shape index (κ2) is 9.45. The quantitative estimate of drug-likeness (QED) is 0.518. The number of nitrogens with one attached hydrogen (secondary N) is 1. The van der Waals surface area contributed by atoms with Crippen LogP contribution < -0.4 is 5.32 Å². The molecule has 4 nitrogen and oxygen atoms in total. The van der Waals surface area contributed by atoms with Crippen molar-refractivity contribution in [1.82, 2.24) is 5.32 Å². The van der Waals surface area contributed by atoms with Crippen LogP contribution in [0, 0.1) is 5.92 Å². The van der Waals surface area contributed by atoms with Crippen LogP contribution >= 0.6 is 15.9 Å². The summed E-state index contributed by atoms with van der Waals surface area (Å²) in [5.74, 6) is -0.386. The predicted octanol–water partition coefficient (Wildman–Crippen LogP) is 6.01. The highest BCUT2D eigenvalue weighted by Gasteiger charge is 2.42. The molecule has 2 aliphatic rings. The molecule has 2 unspecified atom stereocenters. The molecule has 0 bridgehead atoms. The van der Waals surface area contributed by atoms with E-state index in [-0.39, 0.29) is 23.6 Å². The third kappa shape index (κ3) is 4.44. The van der Waals surface area contributed by atoms with Gasteiger partial charge >= 0.3 is 5.97 Å². The fraction of sp³-hybridized carbons (Fsp3) is 0.333. The van der Waals surface area contributed by atoms with Crippen molar-refractivity contribution in [2.75, 3.05) is 6.61 Å². The third-order valence-corrected chi connectivity index (χ3v) is 6.80. The van der Waals surface area contributed by atoms with Crippen molar-refractivity contribution in [3.05, 3.63) is 92.7 Å². The number of carbonyl (C=O) groups is 2. The first kappa shape index (κ1) is 22.5. The van der Waals surface area contributed by atoms with Gasteiger partial charge in [-0.1, -0.05) is 78.3 Å². The summed E-state index contributed by atoms with van der Waals surface area (Å²) in [6.45, 7) is 6.26. The maximum atomic E-state index is 13.6. The number of hydrogen-bond donors (Lipinski definition) is 1. The van der Waals surface area contributed by atoms with Crippen LogP contribution in [0.3, 0.4) is 0 Å². The predicted molar refractivity (Wildman–Crippen MR) is 129 cm³/mol. The topological polar surface area (TPSA) is 55.4 Å².